The zero-order chi connectivity index (χ0) is 14.5. The summed E-state index contributed by atoms with van der Waals surface area (Å²) in [6.07, 6.45) is 6.89. The molecule has 0 radical (unpaired) electrons. The first-order valence-electron chi connectivity index (χ1n) is 7.14. The number of aryl methyl sites for hydroxylation is 3. The molecule has 1 aromatic carbocycles. The van der Waals surface area contributed by atoms with Crippen LogP contribution in [0, 0.1) is 6.92 Å². The number of rotatable bonds is 6. The van der Waals surface area contributed by atoms with E-state index in [9.17, 15) is 0 Å². The summed E-state index contributed by atoms with van der Waals surface area (Å²) < 4.78 is 4.11. The molecule has 3 rings (SSSR count). The predicted octanol–water partition coefficient (Wildman–Crippen LogP) is 3.22. The number of benzene rings is 1. The average Bonchev–Trinajstić information content (AvgIpc) is 3.11. The van der Waals surface area contributed by atoms with Gasteiger partial charge in [-0.15, -0.1) is 0 Å². The number of nitrogens with one attached hydrogen (secondary N) is 1. The fourth-order valence-electron chi connectivity index (χ4n) is 2.30. The maximum Gasteiger partial charge on any atom is 0.207 e. The molecule has 108 valence electrons. The molecule has 5 nitrogen and oxygen atoms in total. The Morgan fingerprint density at radius 2 is 1.95 bits per heavy atom. The quantitative estimate of drug-likeness (QED) is 0.754. The topological polar surface area (TPSA) is 47.7 Å². The number of aromatic nitrogens is 4. The van der Waals surface area contributed by atoms with Crippen molar-refractivity contribution in [2.75, 3.05) is 5.32 Å². The van der Waals surface area contributed by atoms with E-state index in [1.807, 2.05) is 60.4 Å². The van der Waals surface area contributed by atoms with Gasteiger partial charge in [-0.25, -0.2) is 4.98 Å². The van der Waals surface area contributed by atoms with Crippen molar-refractivity contribution in [3.05, 3.63) is 60.7 Å². The molecule has 0 amide bonds. The summed E-state index contributed by atoms with van der Waals surface area (Å²) >= 11 is 0. The van der Waals surface area contributed by atoms with E-state index in [0.29, 0.717) is 0 Å². The number of nitrogens with zero attached hydrogens (tertiary/aromatic N) is 4. The highest BCUT2D eigenvalue weighted by Crippen LogP contribution is 2.16. The van der Waals surface area contributed by atoms with Crippen molar-refractivity contribution in [1.29, 1.82) is 0 Å². The van der Waals surface area contributed by atoms with Crippen LogP contribution in [-0.2, 0) is 13.1 Å². The molecule has 0 saturated carbocycles. The number of imidazole rings is 1. The van der Waals surface area contributed by atoms with Gasteiger partial charge in [0.15, 0.2) is 0 Å². The SMILES string of the molecule is Cc1cn(CCCn2cccn2)c(Nc2ccccc2)n1. The highest BCUT2D eigenvalue weighted by Gasteiger charge is 2.05. The van der Waals surface area contributed by atoms with Crippen LogP contribution >= 0.6 is 0 Å². The Kier molecular flexibility index (Phi) is 4.00. The monoisotopic (exact) mass is 281 g/mol. The van der Waals surface area contributed by atoms with E-state index in [0.717, 1.165) is 36.8 Å². The van der Waals surface area contributed by atoms with Gasteiger partial charge < -0.3 is 9.88 Å². The van der Waals surface area contributed by atoms with Gasteiger partial charge in [0.2, 0.25) is 5.95 Å². The number of hydrogen-bond acceptors (Lipinski definition) is 3. The van der Waals surface area contributed by atoms with Crippen molar-refractivity contribution in [2.45, 2.75) is 26.4 Å². The summed E-state index contributed by atoms with van der Waals surface area (Å²) in [5.41, 5.74) is 2.07. The lowest BCUT2D eigenvalue weighted by Crippen LogP contribution is -2.06. The first kappa shape index (κ1) is 13.4. The first-order valence-corrected chi connectivity index (χ1v) is 7.14. The van der Waals surface area contributed by atoms with Crippen LogP contribution < -0.4 is 5.32 Å². The second-order valence-electron chi connectivity index (χ2n) is 5.01. The summed E-state index contributed by atoms with van der Waals surface area (Å²) in [7, 11) is 0. The summed E-state index contributed by atoms with van der Waals surface area (Å²) in [4.78, 5) is 4.55. The van der Waals surface area contributed by atoms with E-state index in [2.05, 4.69) is 26.2 Å². The van der Waals surface area contributed by atoms with Gasteiger partial charge in [0.05, 0.1) is 5.69 Å². The lowest BCUT2D eigenvalue weighted by molar-refractivity contribution is 0.529. The van der Waals surface area contributed by atoms with Crippen molar-refractivity contribution in [3.63, 3.8) is 0 Å². The van der Waals surface area contributed by atoms with E-state index in [1.165, 1.54) is 0 Å². The van der Waals surface area contributed by atoms with Gasteiger partial charge >= 0.3 is 0 Å². The van der Waals surface area contributed by atoms with Crippen LogP contribution in [0.3, 0.4) is 0 Å². The maximum absolute atomic E-state index is 4.55. The molecule has 1 N–H and O–H groups in total. The van der Waals surface area contributed by atoms with Crippen molar-refractivity contribution < 1.29 is 0 Å². The van der Waals surface area contributed by atoms with Crippen molar-refractivity contribution in [1.82, 2.24) is 19.3 Å². The van der Waals surface area contributed by atoms with Gasteiger partial charge in [0, 0.05) is 37.4 Å². The zero-order valence-corrected chi connectivity index (χ0v) is 12.1. The summed E-state index contributed by atoms with van der Waals surface area (Å²) in [5, 5.41) is 7.59. The second-order valence-corrected chi connectivity index (χ2v) is 5.01. The Bertz CT molecular complexity index is 670. The fraction of sp³-hybridized carbons (Fsp3) is 0.250. The Morgan fingerprint density at radius 1 is 1.10 bits per heavy atom. The molecule has 2 heterocycles. The molecule has 0 unspecified atom stereocenters. The molecule has 0 aliphatic rings. The molecule has 0 fully saturated rings. The van der Waals surface area contributed by atoms with Crippen molar-refractivity contribution in [3.8, 4) is 0 Å². The Morgan fingerprint density at radius 3 is 2.71 bits per heavy atom. The largest absolute Gasteiger partial charge is 0.326 e. The lowest BCUT2D eigenvalue weighted by Gasteiger charge is -2.09. The molecule has 0 spiro atoms. The first-order chi connectivity index (χ1) is 10.3. The van der Waals surface area contributed by atoms with E-state index in [4.69, 9.17) is 0 Å². The van der Waals surface area contributed by atoms with Crippen LogP contribution in [0.5, 0.6) is 0 Å². The number of para-hydroxylation sites is 1. The molecule has 0 atom stereocenters. The Hall–Kier alpha value is -2.56. The molecular formula is C16H19N5. The predicted molar refractivity (Wildman–Crippen MR) is 83.5 cm³/mol. The van der Waals surface area contributed by atoms with Gasteiger partial charge in [-0.2, -0.15) is 5.10 Å². The van der Waals surface area contributed by atoms with E-state index < -0.39 is 0 Å². The van der Waals surface area contributed by atoms with E-state index in [1.54, 1.807) is 0 Å². The summed E-state index contributed by atoms with van der Waals surface area (Å²) in [6.45, 7) is 3.84. The lowest BCUT2D eigenvalue weighted by atomic mass is 10.3. The Labute approximate surface area is 124 Å². The minimum absolute atomic E-state index is 0.888. The minimum Gasteiger partial charge on any atom is -0.326 e. The molecular weight excluding hydrogens is 262 g/mol. The van der Waals surface area contributed by atoms with Crippen LogP contribution in [-0.4, -0.2) is 19.3 Å². The minimum atomic E-state index is 0.888. The van der Waals surface area contributed by atoms with Gasteiger partial charge in [-0.1, -0.05) is 18.2 Å². The van der Waals surface area contributed by atoms with E-state index in [-0.39, 0.29) is 0 Å². The van der Waals surface area contributed by atoms with Gasteiger partial charge in [0.25, 0.3) is 0 Å². The standard InChI is InChI=1S/C16H19N5/c1-14-13-20(10-6-12-21-11-5-9-17-21)16(18-14)19-15-7-3-2-4-8-15/h2-5,7-9,11,13H,6,10,12H2,1H3,(H,18,19). The Balaban J connectivity index is 1.65. The van der Waals surface area contributed by atoms with Crippen molar-refractivity contribution >= 4 is 11.6 Å². The number of hydrogen-bond donors (Lipinski definition) is 1. The third-order valence-corrected chi connectivity index (χ3v) is 3.27. The van der Waals surface area contributed by atoms with Crippen LogP contribution in [0.1, 0.15) is 12.1 Å². The van der Waals surface area contributed by atoms with Crippen LogP contribution in [0.25, 0.3) is 0 Å². The third-order valence-electron chi connectivity index (χ3n) is 3.27. The zero-order valence-electron chi connectivity index (χ0n) is 12.1. The molecule has 0 saturated heterocycles. The number of anilines is 2. The van der Waals surface area contributed by atoms with Crippen LogP contribution in [0.2, 0.25) is 0 Å². The summed E-state index contributed by atoms with van der Waals surface area (Å²) in [5.74, 6) is 0.888. The van der Waals surface area contributed by atoms with E-state index >= 15 is 0 Å². The average molecular weight is 281 g/mol. The van der Waals surface area contributed by atoms with Crippen molar-refractivity contribution in [2.24, 2.45) is 0 Å². The third kappa shape index (κ3) is 3.51. The molecule has 3 aromatic rings. The smallest absolute Gasteiger partial charge is 0.207 e. The fourth-order valence-corrected chi connectivity index (χ4v) is 2.30. The van der Waals surface area contributed by atoms with Crippen LogP contribution in [0.4, 0.5) is 11.6 Å². The summed E-state index contributed by atoms with van der Waals surface area (Å²) in [6, 6.07) is 12.1. The maximum atomic E-state index is 4.55. The molecule has 0 bridgehead atoms. The van der Waals surface area contributed by atoms with Gasteiger partial charge in [-0.3, -0.25) is 4.68 Å². The normalized spacial score (nSPS) is 10.7. The highest BCUT2D eigenvalue weighted by molar-refractivity contribution is 5.53. The molecule has 21 heavy (non-hydrogen) atoms. The second kappa shape index (κ2) is 6.26. The molecule has 2 aromatic heterocycles. The highest BCUT2D eigenvalue weighted by atomic mass is 15.3. The molecule has 0 aliphatic heterocycles. The molecule has 5 heteroatoms. The van der Waals surface area contributed by atoms with Crippen LogP contribution in [0.15, 0.2) is 55.0 Å². The van der Waals surface area contributed by atoms with Gasteiger partial charge in [0.1, 0.15) is 0 Å². The van der Waals surface area contributed by atoms with Gasteiger partial charge in [-0.05, 0) is 31.5 Å². The molecule has 0 aliphatic carbocycles.